The van der Waals surface area contributed by atoms with E-state index < -0.39 is 0 Å². The predicted molar refractivity (Wildman–Crippen MR) is 82.9 cm³/mol. The maximum absolute atomic E-state index is 12.0. The second-order valence-electron chi connectivity index (χ2n) is 6.47. The van der Waals surface area contributed by atoms with Gasteiger partial charge in [0.05, 0.1) is 26.1 Å². The van der Waals surface area contributed by atoms with E-state index in [4.69, 9.17) is 0 Å². The maximum atomic E-state index is 12.0. The highest BCUT2D eigenvalue weighted by atomic mass is 16.1. The van der Waals surface area contributed by atoms with Crippen molar-refractivity contribution in [1.29, 1.82) is 0 Å². The highest BCUT2D eigenvalue weighted by Crippen LogP contribution is 2.13. The SMILES string of the molecule is Cc1ccccc1NC(=O)CC[NH+]1C[C@H](C)C[C@@H](C)C1. The van der Waals surface area contributed by atoms with E-state index in [9.17, 15) is 4.79 Å². The minimum absolute atomic E-state index is 0.137. The number of anilines is 1. The number of quaternary nitrogens is 1. The summed E-state index contributed by atoms with van der Waals surface area (Å²) in [7, 11) is 0. The van der Waals surface area contributed by atoms with E-state index in [1.54, 1.807) is 4.90 Å². The Balaban J connectivity index is 1.79. The molecule has 1 heterocycles. The number of aryl methyl sites for hydroxylation is 1. The molecule has 1 aromatic rings. The number of amides is 1. The normalized spacial score (nSPS) is 26.2. The lowest BCUT2D eigenvalue weighted by Crippen LogP contribution is -3.14. The molecule has 0 spiro atoms. The minimum atomic E-state index is 0.137. The van der Waals surface area contributed by atoms with E-state index in [0.29, 0.717) is 6.42 Å². The van der Waals surface area contributed by atoms with E-state index in [-0.39, 0.29) is 5.91 Å². The lowest BCUT2D eigenvalue weighted by molar-refractivity contribution is -0.911. The van der Waals surface area contributed by atoms with Gasteiger partial charge in [-0.1, -0.05) is 32.0 Å². The first-order valence-electron chi connectivity index (χ1n) is 7.73. The number of likely N-dealkylation sites (tertiary alicyclic amines) is 1. The molecule has 20 heavy (non-hydrogen) atoms. The minimum Gasteiger partial charge on any atom is -0.334 e. The van der Waals surface area contributed by atoms with E-state index >= 15 is 0 Å². The van der Waals surface area contributed by atoms with Crippen LogP contribution in [0.5, 0.6) is 0 Å². The first-order valence-corrected chi connectivity index (χ1v) is 7.73. The molecule has 0 aromatic heterocycles. The molecular formula is C17H27N2O+. The van der Waals surface area contributed by atoms with Crippen LogP contribution in [-0.2, 0) is 4.79 Å². The molecule has 1 fully saturated rings. The zero-order chi connectivity index (χ0) is 14.5. The van der Waals surface area contributed by atoms with Gasteiger partial charge in [0.1, 0.15) is 0 Å². The lowest BCUT2D eigenvalue weighted by atomic mass is 9.92. The van der Waals surface area contributed by atoms with Crippen LogP contribution < -0.4 is 10.2 Å². The summed E-state index contributed by atoms with van der Waals surface area (Å²) in [5, 5.41) is 3.02. The standard InChI is InChI=1S/C17H26N2O/c1-13-10-14(2)12-19(11-13)9-8-17(20)18-16-7-5-4-6-15(16)3/h4-7,13-14H,8-12H2,1-3H3,(H,18,20)/p+1/t13-,14-/m1/s1. The molecule has 1 aliphatic rings. The fourth-order valence-corrected chi connectivity index (χ4v) is 3.34. The molecular weight excluding hydrogens is 248 g/mol. The Morgan fingerprint density at radius 3 is 2.55 bits per heavy atom. The van der Waals surface area contributed by atoms with Gasteiger partial charge in [0.2, 0.25) is 5.91 Å². The number of piperidine rings is 1. The summed E-state index contributed by atoms with van der Waals surface area (Å²) < 4.78 is 0. The van der Waals surface area contributed by atoms with Gasteiger partial charge in [-0.25, -0.2) is 0 Å². The number of rotatable bonds is 4. The summed E-state index contributed by atoms with van der Waals surface area (Å²) in [5.74, 6) is 1.71. The van der Waals surface area contributed by atoms with E-state index in [1.807, 2.05) is 31.2 Å². The molecule has 110 valence electrons. The number of hydrogen-bond donors (Lipinski definition) is 2. The van der Waals surface area contributed by atoms with Crippen molar-refractivity contribution in [2.75, 3.05) is 25.0 Å². The van der Waals surface area contributed by atoms with Crippen molar-refractivity contribution in [3.63, 3.8) is 0 Å². The summed E-state index contributed by atoms with van der Waals surface area (Å²) in [6.45, 7) is 10.0. The molecule has 2 N–H and O–H groups in total. The van der Waals surface area contributed by atoms with Gasteiger partial charge in [-0.05, 0) is 25.0 Å². The maximum Gasteiger partial charge on any atom is 0.230 e. The van der Waals surface area contributed by atoms with Crippen molar-refractivity contribution in [3.05, 3.63) is 29.8 Å². The van der Waals surface area contributed by atoms with Gasteiger partial charge in [-0.2, -0.15) is 0 Å². The summed E-state index contributed by atoms with van der Waals surface area (Å²) >= 11 is 0. The Labute approximate surface area is 122 Å². The van der Waals surface area contributed by atoms with Crippen LogP contribution in [0.25, 0.3) is 0 Å². The van der Waals surface area contributed by atoms with Crippen molar-refractivity contribution in [3.8, 4) is 0 Å². The van der Waals surface area contributed by atoms with Crippen molar-refractivity contribution >= 4 is 11.6 Å². The predicted octanol–water partition coefficient (Wildman–Crippen LogP) is 1.88. The first-order chi connectivity index (χ1) is 9.54. The van der Waals surface area contributed by atoms with Gasteiger partial charge in [0.25, 0.3) is 0 Å². The van der Waals surface area contributed by atoms with Gasteiger partial charge in [0.15, 0.2) is 0 Å². The average Bonchev–Trinajstić information content (AvgIpc) is 2.38. The van der Waals surface area contributed by atoms with Gasteiger partial charge in [-0.15, -0.1) is 0 Å². The van der Waals surface area contributed by atoms with Crippen LogP contribution in [0, 0.1) is 18.8 Å². The molecule has 2 atom stereocenters. The van der Waals surface area contributed by atoms with Crippen molar-refractivity contribution in [1.82, 2.24) is 0 Å². The fourth-order valence-electron chi connectivity index (χ4n) is 3.34. The van der Waals surface area contributed by atoms with Crippen LogP contribution in [0.4, 0.5) is 5.69 Å². The van der Waals surface area contributed by atoms with E-state index in [2.05, 4.69) is 19.2 Å². The molecule has 0 radical (unpaired) electrons. The number of hydrogen-bond acceptors (Lipinski definition) is 1. The van der Waals surface area contributed by atoms with Crippen LogP contribution in [0.1, 0.15) is 32.3 Å². The van der Waals surface area contributed by atoms with Gasteiger partial charge >= 0.3 is 0 Å². The van der Waals surface area contributed by atoms with E-state index in [0.717, 1.165) is 29.6 Å². The fraction of sp³-hybridized carbons (Fsp3) is 0.588. The molecule has 0 unspecified atom stereocenters. The number of carbonyl (C=O) groups is 1. The average molecular weight is 275 g/mol. The molecule has 0 saturated carbocycles. The summed E-state index contributed by atoms with van der Waals surface area (Å²) in [4.78, 5) is 13.6. The molecule has 3 heteroatoms. The quantitative estimate of drug-likeness (QED) is 0.864. The summed E-state index contributed by atoms with van der Waals surface area (Å²) in [6, 6.07) is 7.94. The Bertz CT molecular complexity index is 448. The van der Waals surface area contributed by atoms with Crippen molar-refractivity contribution in [2.24, 2.45) is 11.8 Å². The Morgan fingerprint density at radius 2 is 1.90 bits per heavy atom. The number of benzene rings is 1. The molecule has 1 amide bonds. The molecule has 1 aliphatic heterocycles. The van der Waals surface area contributed by atoms with Crippen LogP contribution in [0.3, 0.4) is 0 Å². The monoisotopic (exact) mass is 275 g/mol. The van der Waals surface area contributed by atoms with Gasteiger partial charge < -0.3 is 10.2 Å². The second-order valence-corrected chi connectivity index (χ2v) is 6.47. The zero-order valence-electron chi connectivity index (χ0n) is 12.9. The van der Waals surface area contributed by atoms with Gasteiger partial charge in [0, 0.05) is 17.5 Å². The van der Waals surface area contributed by atoms with Crippen LogP contribution in [-0.4, -0.2) is 25.5 Å². The number of carbonyl (C=O) groups excluding carboxylic acids is 1. The Hall–Kier alpha value is -1.35. The van der Waals surface area contributed by atoms with Gasteiger partial charge in [-0.3, -0.25) is 4.79 Å². The second kappa shape index (κ2) is 6.89. The highest BCUT2D eigenvalue weighted by molar-refractivity contribution is 5.91. The van der Waals surface area contributed by atoms with E-state index in [1.165, 1.54) is 19.5 Å². The summed E-state index contributed by atoms with van der Waals surface area (Å²) in [6.07, 6.45) is 1.95. The van der Waals surface area contributed by atoms with Crippen LogP contribution >= 0.6 is 0 Å². The Kier molecular flexibility index (Phi) is 5.18. The molecule has 0 aliphatic carbocycles. The van der Waals surface area contributed by atoms with Crippen molar-refractivity contribution in [2.45, 2.75) is 33.6 Å². The van der Waals surface area contributed by atoms with Crippen molar-refractivity contribution < 1.29 is 9.69 Å². The molecule has 1 aromatic carbocycles. The number of nitrogens with one attached hydrogen (secondary N) is 2. The smallest absolute Gasteiger partial charge is 0.230 e. The van der Waals surface area contributed by atoms with Crippen LogP contribution in [0.2, 0.25) is 0 Å². The largest absolute Gasteiger partial charge is 0.334 e. The highest BCUT2D eigenvalue weighted by Gasteiger charge is 2.25. The molecule has 3 nitrogen and oxygen atoms in total. The zero-order valence-corrected chi connectivity index (χ0v) is 12.9. The van der Waals surface area contributed by atoms with Crippen LogP contribution in [0.15, 0.2) is 24.3 Å². The third-order valence-corrected chi connectivity index (χ3v) is 4.20. The number of para-hydroxylation sites is 1. The first kappa shape index (κ1) is 15.0. The summed E-state index contributed by atoms with van der Waals surface area (Å²) in [5.41, 5.74) is 2.06. The molecule has 2 rings (SSSR count). The lowest BCUT2D eigenvalue weighted by Gasteiger charge is -2.31. The third-order valence-electron chi connectivity index (χ3n) is 4.20. The topological polar surface area (TPSA) is 33.5 Å². The Morgan fingerprint density at radius 1 is 1.25 bits per heavy atom. The molecule has 1 saturated heterocycles. The third kappa shape index (κ3) is 4.34. The molecule has 0 bridgehead atoms.